The second kappa shape index (κ2) is 6.81. The number of thioether (sulfide) groups is 1. The van der Waals surface area contributed by atoms with Gasteiger partial charge in [-0.1, -0.05) is 18.2 Å². The van der Waals surface area contributed by atoms with Gasteiger partial charge in [-0.3, -0.25) is 4.79 Å². The van der Waals surface area contributed by atoms with Crippen LogP contribution in [0.5, 0.6) is 0 Å². The number of para-hydroxylation sites is 1. The second-order valence-corrected chi connectivity index (χ2v) is 5.93. The van der Waals surface area contributed by atoms with Gasteiger partial charge in [0, 0.05) is 28.4 Å². The van der Waals surface area contributed by atoms with Crippen LogP contribution in [0, 0.1) is 0 Å². The van der Waals surface area contributed by atoms with Crippen LogP contribution in [0.25, 0.3) is 10.9 Å². The van der Waals surface area contributed by atoms with Crippen molar-refractivity contribution in [2.45, 2.75) is 24.6 Å². The van der Waals surface area contributed by atoms with Gasteiger partial charge in [-0.2, -0.15) is 11.8 Å². The van der Waals surface area contributed by atoms with Crippen LogP contribution in [0.1, 0.15) is 12.5 Å². The average Bonchev–Trinajstić information content (AvgIpc) is 2.83. The largest absolute Gasteiger partial charge is 0.395 e. The minimum atomic E-state index is -0.0484. The zero-order valence-electron chi connectivity index (χ0n) is 11.7. The Morgan fingerprint density at radius 1 is 1.45 bits per heavy atom. The van der Waals surface area contributed by atoms with Crippen molar-refractivity contribution < 1.29 is 9.90 Å². The molecule has 2 atom stereocenters. The first-order valence-corrected chi connectivity index (χ1v) is 7.92. The van der Waals surface area contributed by atoms with Gasteiger partial charge < -0.3 is 15.4 Å². The maximum absolute atomic E-state index is 12.1. The third kappa shape index (κ3) is 3.35. The van der Waals surface area contributed by atoms with Gasteiger partial charge in [0.15, 0.2) is 0 Å². The molecule has 1 aromatic carbocycles. The lowest BCUT2D eigenvalue weighted by molar-refractivity contribution is -0.121. The van der Waals surface area contributed by atoms with E-state index in [0.717, 1.165) is 16.5 Å². The first-order chi connectivity index (χ1) is 9.65. The van der Waals surface area contributed by atoms with Gasteiger partial charge in [-0.25, -0.2) is 0 Å². The van der Waals surface area contributed by atoms with Gasteiger partial charge in [0.1, 0.15) is 0 Å². The normalized spacial score (nSPS) is 14.2. The number of hydrogen-bond donors (Lipinski definition) is 3. The molecule has 0 aliphatic carbocycles. The minimum Gasteiger partial charge on any atom is -0.395 e. The predicted molar refractivity (Wildman–Crippen MR) is 84.0 cm³/mol. The molecule has 2 unspecified atom stereocenters. The number of carbonyl (C=O) groups excluding carboxylic acids is 1. The molecule has 3 N–H and O–H groups in total. The van der Waals surface area contributed by atoms with Crippen LogP contribution in [0.3, 0.4) is 0 Å². The standard InChI is InChI=1S/C15H20N2O2S/c1-10(14(9-18)20-2)17-15(19)7-11-8-16-13-6-4-3-5-12(11)13/h3-6,8,10,14,16,18H,7,9H2,1-2H3,(H,17,19). The minimum absolute atomic E-state index is 0.0187. The summed E-state index contributed by atoms with van der Waals surface area (Å²) in [7, 11) is 0. The van der Waals surface area contributed by atoms with E-state index in [1.54, 1.807) is 11.8 Å². The van der Waals surface area contributed by atoms with E-state index in [-0.39, 0.29) is 23.8 Å². The molecule has 2 aromatic rings. The molecule has 1 aromatic heterocycles. The molecular formula is C15H20N2O2S. The molecule has 0 saturated heterocycles. The lowest BCUT2D eigenvalue weighted by Crippen LogP contribution is -2.41. The third-order valence-corrected chi connectivity index (χ3v) is 4.62. The summed E-state index contributed by atoms with van der Waals surface area (Å²) < 4.78 is 0. The molecule has 0 spiro atoms. The number of benzene rings is 1. The Morgan fingerprint density at radius 2 is 2.20 bits per heavy atom. The number of amides is 1. The number of nitrogens with one attached hydrogen (secondary N) is 2. The predicted octanol–water partition coefficient (Wildman–Crippen LogP) is 1.94. The highest BCUT2D eigenvalue weighted by molar-refractivity contribution is 7.99. The number of rotatable bonds is 6. The Kier molecular flexibility index (Phi) is 5.09. The second-order valence-electron chi connectivity index (χ2n) is 4.85. The Bertz CT molecular complexity index is 578. The quantitative estimate of drug-likeness (QED) is 0.762. The number of aromatic amines is 1. The van der Waals surface area contributed by atoms with E-state index in [1.165, 1.54) is 0 Å². The fourth-order valence-electron chi connectivity index (χ4n) is 2.29. The van der Waals surface area contributed by atoms with Crippen molar-refractivity contribution in [1.29, 1.82) is 0 Å². The number of aromatic nitrogens is 1. The van der Waals surface area contributed by atoms with Gasteiger partial charge in [-0.15, -0.1) is 0 Å². The van der Waals surface area contributed by atoms with Crippen LogP contribution >= 0.6 is 11.8 Å². The van der Waals surface area contributed by atoms with Crippen LogP contribution in [0.15, 0.2) is 30.5 Å². The number of carbonyl (C=O) groups is 1. The van der Waals surface area contributed by atoms with E-state index < -0.39 is 0 Å². The topological polar surface area (TPSA) is 65.1 Å². The molecule has 2 rings (SSSR count). The molecule has 0 saturated carbocycles. The molecule has 108 valence electrons. The highest BCUT2D eigenvalue weighted by Gasteiger charge is 2.18. The number of fused-ring (bicyclic) bond motifs is 1. The van der Waals surface area contributed by atoms with Crippen molar-refractivity contribution in [2.24, 2.45) is 0 Å². The first-order valence-electron chi connectivity index (χ1n) is 6.63. The Morgan fingerprint density at radius 3 is 2.90 bits per heavy atom. The summed E-state index contributed by atoms with van der Waals surface area (Å²) in [5.74, 6) is -0.0187. The Hall–Kier alpha value is -1.46. The number of H-pyrrole nitrogens is 1. The summed E-state index contributed by atoms with van der Waals surface area (Å²) in [6, 6.07) is 7.89. The van der Waals surface area contributed by atoms with Crippen LogP contribution in [0.4, 0.5) is 0 Å². The molecule has 0 bridgehead atoms. The van der Waals surface area contributed by atoms with Crippen LogP contribution in [0.2, 0.25) is 0 Å². The summed E-state index contributed by atoms with van der Waals surface area (Å²) in [6.07, 6.45) is 4.16. The van der Waals surface area contributed by atoms with E-state index in [4.69, 9.17) is 0 Å². The summed E-state index contributed by atoms with van der Waals surface area (Å²) >= 11 is 1.56. The van der Waals surface area contributed by atoms with Crippen LogP contribution < -0.4 is 5.32 Å². The molecular weight excluding hydrogens is 272 g/mol. The van der Waals surface area contributed by atoms with Crippen molar-refractivity contribution in [3.63, 3.8) is 0 Å². The van der Waals surface area contributed by atoms with E-state index in [9.17, 15) is 9.90 Å². The van der Waals surface area contributed by atoms with Gasteiger partial charge in [0.25, 0.3) is 0 Å². The van der Waals surface area contributed by atoms with Crippen molar-refractivity contribution in [3.05, 3.63) is 36.0 Å². The Labute approximate surface area is 123 Å². The summed E-state index contributed by atoms with van der Waals surface area (Å²) in [5, 5.41) is 13.3. The fourth-order valence-corrected chi connectivity index (χ4v) is 2.91. The maximum atomic E-state index is 12.1. The van der Waals surface area contributed by atoms with Crippen molar-refractivity contribution >= 4 is 28.6 Å². The zero-order valence-corrected chi connectivity index (χ0v) is 12.5. The van der Waals surface area contributed by atoms with Crippen molar-refractivity contribution in [2.75, 3.05) is 12.9 Å². The first kappa shape index (κ1) is 14.9. The molecule has 0 aliphatic rings. The molecule has 0 radical (unpaired) electrons. The monoisotopic (exact) mass is 292 g/mol. The summed E-state index contributed by atoms with van der Waals surface area (Å²) in [5.41, 5.74) is 2.04. The van der Waals surface area contributed by atoms with Gasteiger partial charge in [-0.05, 0) is 24.8 Å². The summed E-state index contributed by atoms with van der Waals surface area (Å²) in [4.78, 5) is 15.3. The highest BCUT2D eigenvalue weighted by Crippen LogP contribution is 2.18. The fraction of sp³-hybridized carbons (Fsp3) is 0.400. The van der Waals surface area contributed by atoms with E-state index in [0.29, 0.717) is 6.42 Å². The molecule has 1 heterocycles. The number of hydrogen-bond acceptors (Lipinski definition) is 3. The maximum Gasteiger partial charge on any atom is 0.224 e. The smallest absolute Gasteiger partial charge is 0.224 e. The van der Waals surface area contributed by atoms with Gasteiger partial charge in [0.2, 0.25) is 5.91 Å². The molecule has 5 heteroatoms. The lowest BCUT2D eigenvalue weighted by Gasteiger charge is -2.21. The summed E-state index contributed by atoms with van der Waals surface area (Å²) in [6.45, 7) is 1.99. The van der Waals surface area contributed by atoms with E-state index in [1.807, 2.05) is 43.6 Å². The third-order valence-electron chi connectivity index (χ3n) is 3.45. The number of aliphatic hydroxyl groups excluding tert-OH is 1. The van der Waals surface area contributed by atoms with E-state index >= 15 is 0 Å². The lowest BCUT2D eigenvalue weighted by atomic mass is 10.1. The van der Waals surface area contributed by atoms with Crippen LogP contribution in [-0.2, 0) is 11.2 Å². The van der Waals surface area contributed by atoms with Gasteiger partial charge in [0.05, 0.1) is 13.0 Å². The van der Waals surface area contributed by atoms with Gasteiger partial charge >= 0.3 is 0 Å². The molecule has 1 amide bonds. The molecule has 0 fully saturated rings. The average molecular weight is 292 g/mol. The zero-order chi connectivity index (χ0) is 14.5. The molecule has 0 aliphatic heterocycles. The van der Waals surface area contributed by atoms with Crippen LogP contribution in [-0.4, -0.2) is 40.2 Å². The SMILES string of the molecule is CSC(CO)C(C)NC(=O)Cc1c[nH]c2ccccc12. The Balaban J connectivity index is 2.01. The van der Waals surface area contributed by atoms with E-state index in [2.05, 4.69) is 10.3 Å². The van der Waals surface area contributed by atoms with Crippen molar-refractivity contribution in [1.82, 2.24) is 10.3 Å². The molecule has 4 nitrogen and oxygen atoms in total. The highest BCUT2D eigenvalue weighted by atomic mass is 32.2. The molecule has 20 heavy (non-hydrogen) atoms. The number of aliphatic hydroxyl groups is 1. The van der Waals surface area contributed by atoms with Crippen molar-refractivity contribution in [3.8, 4) is 0 Å².